The Kier molecular flexibility index (Phi) is 6.07. The second-order valence-corrected chi connectivity index (χ2v) is 6.75. The molecule has 1 amide bonds. The summed E-state index contributed by atoms with van der Waals surface area (Å²) < 4.78 is 33.2. The highest BCUT2D eigenvalue weighted by atomic mass is 19.1. The molecule has 7 nitrogen and oxygen atoms in total. The van der Waals surface area contributed by atoms with Gasteiger partial charge in [-0.3, -0.25) is 9.69 Å². The van der Waals surface area contributed by atoms with E-state index in [9.17, 15) is 13.6 Å². The molecule has 0 radical (unpaired) electrons. The maximum Gasteiger partial charge on any atom is 0.284 e. The molecule has 2 unspecified atom stereocenters. The lowest BCUT2D eigenvalue weighted by molar-refractivity contribution is -0.0534. The van der Waals surface area contributed by atoms with E-state index in [1.807, 2.05) is 13.8 Å². The number of hydrogen-bond donors (Lipinski definition) is 3. The minimum Gasteiger partial charge on any atom is -0.370 e. The number of fused-ring (bicyclic) bond motifs is 1. The molecule has 0 spiro atoms. The van der Waals surface area contributed by atoms with Gasteiger partial charge in [0.15, 0.2) is 5.82 Å². The molecule has 1 aromatic carbocycles. The number of imidazole rings is 1. The van der Waals surface area contributed by atoms with Crippen LogP contribution in [0.1, 0.15) is 53.9 Å². The summed E-state index contributed by atoms with van der Waals surface area (Å²) in [4.78, 5) is 20.4. The number of nitrogens with one attached hydrogen (secondary N) is 1. The molecule has 0 saturated carbocycles. The van der Waals surface area contributed by atoms with E-state index in [-0.39, 0.29) is 17.4 Å². The molecule has 1 fully saturated rings. The van der Waals surface area contributed by atoms with Gasteiger partial charge in [0.05, 0.1) is 18.0 Å². The maximum absolute atomic E-state index is 14.0. The van der Waals surface area contributed by atoms with E-state index in [1.165, 1.54) is 0 Å². The van der Waals surface area contributed by atoms with E-state index >= 15 is 0 Å². The number of benzene rings is 1. The van der Waals surface area contributed by atoms with Gasteiger partial charge in [0.2, 0.25) is 0 Å². The van der Waals surface area contributed by atoms with Crippen LogP contribution in [0.5, 0.6) is 0 Å². The van der Waals surface area contributed by atoms with Crippen LogP contribution in [0.2, 0.25) is 0 Å². The van der Waals surface area contributed by atoms with E-state index < -0.39 is 29.7 Å². The molecule has 0 bridgehead atoms. The van der Waals surface area contributed by atoms with Gasteiger partial charge in [-0.25, -0.2) is 13.8 Å². The van der Waals surface area contributed by atoms with Gasteiger partial charge in [-0.15, -0.1) is 0 Å². The van der Waals surface area contributed by atoms with Gasteiger partial charge in [-0.2, -0.15) is 0 Å². The Morgan fingerprint density at radius 3 is 2.71 bits per heavy atom. The summed E-state index contributed by atoms with van der Waals surface area (Å²) in [5.74, 6) is -1.47. The molecule has 2 aliphatic heterocycles. The van der Waals surface area contributed by atoms with Crippen LogP contribution >= 0.6 is 0 Å². The van der Waals surface area contributed by atoms with Gasteiger partial charge in [-0.1, -0.05) is 13.8 Å². The number of aromatic nitrogens is 2. The van der Waals surface area contributed by atoms with Crippen LogP contribution in [-0.2, 0) is 17.8 Å². The topological polar surface area (TPSA) is 110 Å². The Balaban J connectivity index is 0.00000109. The van der Waals surface area contributed by atoms with Crippen molar-refractivity contribution in [3.8, 4) is 0 Å². The van der Waals surface area contributed by atoms with Gasteiger partial charge in [0, 0.05) is 30.7 Å². The normalized spacial score (nSPS) is 24.4. The van der Waals surface area contributed by atoms with Crippen molar-refractivity contribution in [2.24, 2.45) is 11.5 Å². The number of nitrogens with zero attached hydrogens (tertiary/aromatic N) is 2. The lowest BCUT2D eigenvalue weighted by atomic mass is 9.93. The maximum atomic E-state index is 14.0. The van der Waals surface area contributed by atoms with Crippen molar-refractivity contribution < 1.29 is 18.3 Å². The fourth-order valence-corrected chi connectivity index (χ4v) is 3.68. The summed E-state index contributed by atoms with van der Waals surface area (Å²) in [5.41, 5.74) is 13.2. The third-order valence-electron chi connectivity index (χ3n) is 4.99. The minimum absolute atomic E-state index is 0.0255. The number of carbonyl (C=O) groups excluding carboxylic acids is 1. The zero-order chi connectivity index (χ0) is 20.4. The molecular formula is C19H25F2N5O2. The van der Waals surface area contributed by atoms with Crippen molar-refractivity contribution in [2.45, 2.75) is 51.5 Å². The highest BCUT2D eigenvalue weighted by Gasteiger charge is 2.37. The summed E-state index contributed by atoms with van der Waals surface area (Å²) in [6.07, 6.45) is -0.102. The van der Waals surface area contributed by atoms with Gasteiger partial charge in [0.1, 0.15) is 17.7 Å². The van der Waals surface area contributed by atoms with Crippen LogP contribution in [0.4, 0.5) is 8.78 Å². The second kappa shape index (κ2) is 8.34. The lowest BCUT2D eigenvalue weighted by Crippen LogP contribution is -2.47. The molecule has 4 rings (SSSR count). The summed E-state index contributed by atoms with van der Waals surface area (Å²) in [7, 11) is 0. The molecule has 3 heterocycles. The largest absolute Gasteiger partial charge is 0.370 e. The number of aromatic amines is 1. The SMILES string of the molecule is CC.NC(=O)c1nc2c([nH]1)CN(C1CO[C@H](c3cc(F)ccc3F)C(N)C1)C2. The average molecular weight is 393 g/mol. The Morgan fingerprint density at radius 1 is 1.32 bits per heavy atom. The van der Waals surface area contributed by atoms with Crippen LogP contribution < -0.4 is 11.5 Å². The number of nitrogens with two attached hydrogens (primary N) is 2. The zero-order valence-electron chi connectivity index (χ0n) is 15.9. The summed E-state index contributed by atoms with van der Waals surface area (Å²) in [5, 5.41) is 0. The smallest absolute Gasteiger partial charge is 0.284 e. The molecule has 0 aliphatic carbocycles. The van der Waals surface area contributed by atoms with Crippen molar-refractivity contribution >= 4 is 5.91 Å². The summed E-state index contributed by atoms with van der Waals surface area (Å²) >= 11 is 0. The van der Waals surface area contributed by atoms with E-state index in [0.29, 0.717) is 26.1 Å². The number of amides is 1. The van der Waals surface area contributed by atoms with Crippen LogP contribution in [0, 0.1) is 11.6 Å². The standard InChI is InChI=1S/C17H19F2N5O2.C2H6/c18-8-1-2-11(19)10(3-8)15-12(20)4-9(7-26-15)24-5-13-14(6-24)23-17(22-13)16(21)25;1-2/h1-3,9,12,15H,4-7,20H2,(H2,21,25)(H,22,23);1-2H3/t9?,12?,15-;/m1./s1. The Hall–Kier alpha value is -2.36. The minimum atomic E-state index is -0.679. The second-order valence-electron chi connectivity index (χ2n) is 6.75. The highest BCUT2D eigenvalue weighted by molar-refractivity contribution is 5.89. The Labute approximate surface area is 162 Å². The molecule has 2 aliphatic rings. The third-order valence-corrected chi connectivity index (χ3v) is 4.99. The number of ether oxygens (including phenoxy) is 1. The number of carbonyl (C=O) groups is 1. The first-order chi connectivity index (χ1) is 13.4. The molecule has 5 N–H and O–H groups in total. The Morgan fingerprint density at radius 2 is 2.07 bits per heavy atom. The quantitative estimate of drug-likeness (QED) is 0.739. The van der Waals surface area contributed by atoms with Gasteiger partial charge >= 0.3 is 0 Å². The van der Waals surface area contributed by atoms with Gasteiger partial charge in [0.25, 0.3) is 5.91 Å². The van der Waals surface area contributed by atoms with Crippen molar-refractivity contribution in [3.63, 3.8) is 0 Å². The molecule has 1 saturated heterocycles. The van der Waals surface area contributed by atoms with Gasteiger partial charge < -0.3 is 21.2 Å². The first-order valence-electron chi connectivity index (χ1n) is 9.36. The van der Waals surface area contributed by atoms with Crippen LogP contribution in [-0.4, -0.2) is 39.5 Å². The Bertz CT molecular complexity index is 833. The van der Waals surface area contributed by atoms with E-state index in [2.05, 4.69) is 14.9 Å². The molecule has 28 heavy (non-hydrogen) atoms. The van der Waals surface area contributed by atoms with Crippen LogP contribution in [0.25, 0.3) is 0 Å². The average Bonchev–Trinajstić information content (AvgIpc) is 3.25. The molecule has 3 atom stereocenters. The van der Waals surface area contributed by atoms with E-state index in [1.54, 1.807) is 0 Å². The number of halogens is 2. The first kappa shape index (κ1) is 20.4. The van der Waals surface area contributed by atoms with Gasteiger partial charge in [-0.05, 0) is 24.6 Å². The predicted molar refractivity (Wildman–Crippen MR) is 99.1 cm³/mol. The fraction of sp³-hybridized carbons (Fsp3) is 0.474. The number of hydrogen-bond acceptors (Lipinski definition) is 5. The van der Waals surface area contributed by atoms with Crippen molar-refractivity contribution in [2.75, 3.05) is 6.61 Å². The summed E-state index contributed by atoms with van der Waals surface area (Å²) in [6.45, 7) is 5.48. The monoisotopic (exact) mass is 393 g/mol. The molecule has 2 aromatic rings. The van der Waals surface area contributed by atoms with E-state index in [4.69, 9.17) is 16.2 Å². The fourth-order valence-electron chi connectivity index (χ4n) is 3.68. The van der Waals surface area contributed by atoms with Crippen LogP contribution in [0.3, 0.4) is 0 Å². The van der Waals surface area contributed by atoms with Crippen molar-refractivity contribution in [1.82, 2.24) is 14.9 Å². The molecule has 9 heteroatoms. The van der Waals surface area contributed by atoms with E-state index in [0.717, 1.165) is 29.6 Å². The predicted octanol–water partition coefficient (Wildman–Crippen LogP) is 1.99. The molecule has 152 valence electrons. The number of primary amides is 1. The molecule has 1 aromatic heterocycles. The summed E-state index contributed by atoms with van der Waals surface area (Å²) in [6, 6.07) is 2.86. The zero-order valence-corrected chi connectivity index (χ0v) is 15.9. The number of H-pyrrole nitrogens is 1. The first-order valence-corrected chi connectivity index (χ1v) is 9.36. The van der Waals surface area contributed by atoms with Crippen molar-refractivity contribution in [1.29, 1.82) is 0 Å². The van der Waals surface area contributed by atoms with Crippen LogP contribution in [0.15, 0.2) is 18.2 Å². The number of rotatable bonds is 3. The highest BCUT2D eigenvalue weighted by Crippen LogP contribution is 2.33. The third kappa shape index (κ3) is 3.91. The van der Waals surface area contributed by atoms with Crippen molar-refractivity contribution in [3.05, 3.63) is 52.6 Å². The lowest BCUT2D eigenvalue weighted by Gasteiger charge is -2.38. The molecular weight excluding hydrogens is 368 g/mol.